The number of rotatable bonds is 6. The second-order valence-electron chi connectivity index (χ2n) is 7.01. The van der Waals surface area contributed by atoms with Crippen LogP contribution >= 0.6 is 23.2 Å². The van der Waals surface area contributed by atoms with Crippen molar-refractivity contribution in [2.75, 3.05) is 0 Å². The highest BCUT2D eigenvalue weighted by molar-refractivity contribution is 6.35. The van der Waals surface area contributed by atoms with Crippen LogP contribution < -0.4 is 0 Å². The molecule has 0 heterocycles. The number of hydrogen-bond acceptors (Lipinski definition) is 2. The summed E-state index contributed by atoms with van der Waals surface area (Å²) >= 11 is 12.0. The van der Waals surface area contributed by atoms with Crippen molar-refractivity contribution in [2.24, 2.45) is 11.1 Å². The van der Waals surface area contributed by atoms with E-state index in [-0.39, 0.29) is 0 Å². The summed E-state index contributed by atoms with van der Waals surface area (Å²) in [7, 11) is 0. The molecule has 0 saturated heterocycles. The Labute approximate surface area is 159 Å². The van der Waals surface area contributed by atoms with Crippen molar-refractivity contribution in [3.05, 3.63) is 69.2 Å². The summed E-state index contributed by atoms with van der Waals surface area (Å²) in [6.07, 6.45) is 1.14. The molecule has 0 aliphatic heterocycles. The van der Waals surface area contributed by atoms with Crippen LogP contribution in [-0.4, -0.2) is 5.71 Å². The molecular formula is C21H23Cl2NO. The molecule has 4 heteroatoms. The summed E-state index contributed by atoms with van der Waals surface area (Å²) in [5.41, 5.74) is 4.71. The molecular weight excluding hydrogens is 353 g/mol. The number of halogens is 2. The highest BCUT2D eigenvalue weighted by Gasteiger charge is 2.40. The third-order valence-electron chi connectivity index (χ3n) is 4.80. The van der Waals surface area contributed by atoms with Gasteiger partial charge in [-0.25, -0.2) is 0 Å². The van der Waals surface area contributed by atoms with Gasteiger partial charge in [-0.05, 0) is 48.4 Å². The first kappa shape index (κ1) is 18.3. The van der Waals surface area contributed by atoms with E-state index >= 15 is 0 Å². The van der Waals surface area contributed by atoms with E-state index < -0.39 is 0 Å². The first-order valence-electron chi connectivity index (χ1n) is 8.66. The van der Waals surface area contributed by atoms with Crippen LogP contribution in [0.2, 0.25) is 10.0 Å². The minimum Gasteiger partial charge on any atom is -0.391 e. The van der Waals surface area contributed by atoms with Crippen LogP contribution in [0, 0.1) is 5.92 Å². The summed E-state index contributed by atoms with van der Waals surface area (Å²) in [6.45, 7) is 6.83. The summed E-state index contributed by atoms with van der Waals surface area (Å²) < 4.78 is 0. The zero-order chi connectivity index (χ0) is 18.0. The van der Waals surface area contributed by atoms with Crippen LogP contribution in [0.15, 0.2) is 47.6 Å². The lowest BCUT2D eigenvalue weighted by molar-refractivity contribution is 0.129. The molecule has 1 saturated carbocycles. The number of benzene rings is 2. The number of hydrogen-bond donors (Lipinski definition) is 0. The predicted octanol–water partition coefficient (Wildman–Crippen LogP) is 6.81. The molecule has 2 unspecified atom stereocenters. The van der Waals surface area contributed by atoms with Gasteiger partial charge in [0.2, 0.25) is 0 Å². The first-order chi connectivity index (χ1) is 12.0. The SMILES string of the molecule is CC(=NOCc1ccc(Cl)cc1Cl)C1CC1c1ccc(C(C)C)cc1. The highest BCUT2D eigenvalue weighted by Crippen LogP contribution is 2.48. The number of nitrogens with zero attached hydrogens (tertiary/aromatic N) is 1. The van der Waals surface area contributed by atoms with Gasteiger partial charge in [0.15, 0.2) is 0 Å². The maximum atomic E-state index is 6.14. The van der Waals surface area contributed by atoms with Crippen LogP contribution in [0.25, 0.3) is 0 Å². The van der Waals surface area contributed by atoms with Crippen molar-refractivity contribution in [3.63, 3.8) is 0 Å². The second-order valence-corrected chi connectivity index (χ2v) is 7.86. The zero-order valence-corrected chi connectivity index (χ0v) is 16.3. The van der Waals surface area contributed by atoms with Crippen molar-refractivity contribution in [1.29, 1.82) is 0 Å². The van der Waals surface area contributed by atoms with Crippen LogP contribution in [0.4, 0.5) is 0 Å². The van der Waals surface area contributed by atoms with Gasteiger partial charge >= 0.3 is 0 Å². The third kappa shape index (κ3) is 4.56. The average Bonchev–Trinajstić information content (AvgIpc) is 3.37. The predicted molar refractivity (Wildman–Crippen MR) is 106 cm³/mol. The van der Waals surface area contributed by atoms with Gasteiger partial charge in [-0.2, -0.15) is 0 Å². The summed E-state index contributed by atoms with van der Waals surface area (Å²) in [6, 6.07) is 14.4. The molecule has 0 spiro atoms. The Morgan fingerprint density at radius 2 is 1.88 bits per heavy atom. The monoisotopic (exact) mass is 375 g/mol. The van der Waals surface area contributed by atoms with Gasteiger partial charge in [0.1, 0.15) is 6.61 Å². The van der Waals surface area contributed by atoms with Gasteiger partial charge in [0.25, 0.3) is 0 Å². The minimum atomic E-state index is 0.355. The fraction of sp³-hybridized carbons (Fsp3) is 0.381. The molecule has 1 aliphatic carbocycles. The average molecular weight is 376 g/mol. The van der Waals surface area contributed by atoms with Gasteiger partial charge in [-0.1, -0.05) is 72.5 Å². The molecule has 0 bridgehead atoms. The second kappa shape index (κ2) is 7.80. The Balaban J connectivity index is 1.55. The van der Waals surface area contributed by atoms with Gasteiger partial charge in [0, 0.05) is 21.5 Å². The first-order valence-corrected chi connectivity index (χ1v) is 9.41. The molecule has 0 N–H and O–H groups in total. The molecule has 2 nitrogen and oxygen atoms in total. The van der Waals surface area contributed by atoms with Crippen molar-refractivity contribution in [1.82, 2.24) is 0 Å². The molecule has 0 amide bonds. The normalized spacial score (nSPS) is 20.0. The Morgan fingerprint density at radius 3 is 2.52 bits per heavy atom. The van der Waals surface area contributed by atoms with E-state index in [2.05, 4.69) is 43.3 Å². The van der Waals surface area contributed by atoms with Gasteiger partial charge in [-0.3, -0.25) is 0 Å². The molecule has 0 aromatic heterocycles. The van der Waals surface area contributed by atoms with Crippen molar-refractivity contribution >= 4 is 28.9 Å². The lowest BCUT2D eigenvalue weighted by atomic mass is 9.99. The maximum Gasteiger partial charge on any atom is 0.143 e. The maximum absolute atomic E-state index is 6.14. The third-order valence-corrected chi connectivity index (χ3v) is 5.39. The largest absolute Gasteiger partial charge is 0.391 e. The molecule has 2 atom stereocenters. The molecule has 1 aliphatic rings. The zero-order valence-electron chi connectivity index (χ0n) is 14.8. The molecule has 132 valence electrons. The van der Waals surface area contributed by atoms with Crippen molar-refractivity contribution < 1.29 is 4.84 Å². The smallest absolute Gasteiger partial charge is 0.143 e. The summed E-state index contributed by atoms with van der Waals surface area (Å²) in [5, 5.41) is 5.52. The number of oxime groups is 1. The van der Waals surface area contributed by atoms with E-state index in [4.69, 9.17) is 28.0 Å². The molecule has 25 heavy (non-hydrogen) atoms. The van der Waals surface area contributed by atoms with Crippen molar-refractivity contribution in [2.45, 2.75) is 45.6 Å². The van der Waals surface area contributed by atoms with Crippen LogP contribution in [0.1, 0.15) is 55.7 Å². The summed E-state index contributed by atoms with van der Waals surface area (Å²) in [4.78, 5) is 5.50. The molecule has 2 aromatic rings. The van der Waals surface area contributed by atoms with E-state index in [1.54, 1.807) is 12.1 Å². The van der Waals surface area contributed by atoms with E-state index in [1.807, 2.05) is 13.0 Å². The van der Waals surface area contributed by atoms with Crippen LogP contribution in [0.3, 0.4) is 0 Å². The Kier molecular flexibility index (Phi) is 5.71. The summed E-state index contributed by atoms with van der Waals surface area (Å²) in [5.74, 6) is 1.61. The molecule has 0 radical (unpaired) electrons. The quantitative estimate of drug-likeness (QED) is 0.401. The Hall–Kier alpha value is -1.51. The highest BCUT2D eigenvalue weighted by atomic mass is 35.5. The lowest BCUT2D eigenvalue weighted by Crippen LogP contribution is -1.99. The molecule has 3 rings (SSSR count). The lowest BCUT2D eigenvalue weighted by Gasteiger charge is -2.07. The van der Waals surface area contributed by atoms with Crippen LogP contribution in [0.5, 0.6) is 0 Å². The van der Waals surface area contributed by atoms with Gasteiger partial charge < -0.3 is 4.84 Å². The van der Waals surface area contributed by atoms with E-state index in [0.717, 1.165) is 17.7 Å². The topological polar surface area (TPSA) is 21.6 Å². The van der Waals surface area contributed by atoms with E-state index in [9.17, 15) is 0 Å². The standard InChI is InChI=1S/C21H23Cl2NO/c1-13(2)15-4-6-16(7-5-15)20-11-19(20)14(3)24-25-12-17-8-9-18(22)10-21(17)23/h4-10,13,19-20H,11-12H2,1-3H3. The molecule has 1 fully saturated rings. The van der Waals surface area contributed by atoms with E-state index in [0.29, 0.717) is 34.4 Å². The van der Waals surface area contributed by atoms with Crippen molar-refractivity contribution in [3.8, 4) is 0 Å². The fourth-order valence-electron chi connectivity index (χ4n) is 3.06. The molecule has 2 aromatic carbocycles. The van der Waals surface area contributed by atoms with E-state index in [1.165, 1.54) is 11.1 Å². The Bertz CT molecular complexity index is 768. The minimum absolute atomic E-state index is 0.355. The fourth-order valence-corrected chi connectivity index (χ4v) is 3.53. The van der Waals surface area contributed by atoms with Crippen LogP contribution in [-0.2, 0) is 11.4 Å². The van der Waals surface area contributed by atoms with Gasteiger partial charge in [-0.15, -0.1) is 0 Å². The van der Waals surface area contributed by atoms with Gasteiger partial charge in [0.05, 0.1) is 5.71 Å². The Morgan fingerprint density at radius 1 is 1.16 bits per heavy atom.